The minimum absolute atomic E-state index is 0.567. The second-order valence-electron chi connectivity index (χ2n) is 5.85. The Labute approximate surface area is 121 Å². The van der Waals surface area contributed by atoms with Gasteiger partial charge < -0.3 is 10.0 Å². The first-order chi connectivity index (χ1) is 9.68. The highest BCUT2D eigenvalue weighted by molar-refractivity contribution is 5.75. The van der Waals surface area contributed by atoms with Gasteiger partial charge in [-0.05, 0) is 31.9 Å². The fraction of sp³-hybridized carbons (Fsp3) is 0.588. The number of aliphatic carboxylic acids is 1. The molecule has 1 saturated carbocycles. The molecule has 0 bridgehead atoms. The molecule has 0 spiro atoms. The number of carboxylic acids is 1. The van der Waals surface area contributed by atoms with E-state index in [-0.39, 0.29) is 0 Å². The molecule has 1 N–H and O–H groups in total. The van der Waals surface area contributed by atoms with Gasteiger partial charge in [-0.1, -0.05) is 43.9 Å². The van der Waals surface area contributed by atoms with Gasteiger partial charge in [-0.3, -0.25) is 4.79 Å². The summed E-state index contributed by atoms with van der Waals surface area (Å²) in [6, 6.07) is 10.2. The standard InChI is InChI=1S/C17H25NO2/c1-2-18(15-10-6-5-7-11-15)14-17(16(19)20)12-8-3-4-9-13-17/h5-7,10-11H,2-4,8-9,12-14H2,1H3,(H,19,20). The third-order valence-electron chi connectivity index (χ3n) is 4.51. The Morgan fingerprint density at radius 1 is 1.15 bits per heavy atom. The maximum absolute atomic E-state index is 11.9. The zero-order valence-electron chi connectivity index (χ0n) is 12.3. The zero-order valence-corrected chi connectivity index (χ0v) is 12.3. The molecular formula is C17H25NO2. The predicted molar refractivity (Wildman–Crippen MR) is 82.1 cm³/mol. The first kappa shape index (κ1) is 14.9. The van der Waals surface area contributed by atoms with Gasteiger partial charge in [-0.25, -0.2) is 0 Å². The molecule has 0 amide bonds. The van der Waals surface area contributed by atoms with Gasteiger partial charge in [-0.15, -0.1) is 0 Å². The molecule has 1 aromatic rings. The van der Waals surface area contributed by atoms with E-state index in [0.717, 1.165) is 37.9 Å². The van der Waals surface area contributed by atoms with Crippen LogP contribution in [-0.4, -0.2) is 24.2 Å². The molecule has 0 unspecified atom stereocenters. The normalized spacial score (nSPS) is 18.2. The smallest absolute Gasteiger partial charge is 0.311 e. The summed E-state index contributed by atoms with van der Waals surface area (Å²) in [5.74, 6) is -0.617. The van der Waals surface area contributed by atoms with Crippen molar-refractivity contribution in [3.8, 4) is 0 Å². The second-order valence-corrected chi connectivity index (χ2v) is 5.85. The van der Waals surface area contributed by atoms with Crippen LogP contribution < -0.4 is 4.90 Å². The molecule has 0 atom stereocenters. The summed E-state index contributed by atoms with van der Waals surface area (Å²) < 4.78 is 0. The zero-order chi connectivity index (χ0) is 14.4. The lowest BCUT2D eigenvalue weighted by atomic mass is 9.79. The molecule has 0 aromatic heterocycles. The van der Waals surface area contributed by atoms with Crippen LogP contribution in [0.25, 0.3) is 0 Å². The van der Waals surface area contributed by atoms with Crippen molar-refractivity contribution in [3.63, 3.8) is 0 Å². The Kier molecular flexibility index (Phi) is 5.05. The van der Waals surface area contributed by atoms with E-state index in [0.29, 0.717) is 6.54 Å². The molecule has 3 nitrogen and oxygen atoms in total. The second kappa shape index (κ2) is 6.78. The lowest BCUT2D eigenvalue weighted by Crippen LogP contribution is -2.43. The summed E-state index contributed by atoms with van der Waals surface area (Å²) in [5, 5.41) is 9.78. The Balaban J connectivity index is 2.19. The van der Waals surface area contributed by atoms with Gasteiger partial charge in [0.1, 0.15) is 0 Å². The molecule has 1 aromatic carbocycles. The molecule has 0 heterocycles. The van der Waals surface area contributed by atoms with Crippen molar-refractivity contribution < 1.29 is 9.90 Å². The molecule has 0 aliphatic heterocycles. The number of para-hydroxylation sites is 1. The maximum atomic E-state index is 11.9. The lowest BCUT2D eigenvalue weighted by molar-refractivity contribution is -0.149. The first-order valence-corrected chi connectivity index (χ1v) is 7.71. The highest BCUT2D eigenvalue weighted by Gasteiger charge is 2.40. The topological polar surface area (TPSA) is 40.5 Å². The van der Waals surface area contributed by atoms with Gasteiger partial charge in [0.25, 0.3) is 0 Å². The van der Waals surface area contributed by atoms with E-state index in [4.69, 9.17) is 0 Å². The van der Waals surface area contributed by atoms with Crippen LogP contribution in [0.3, 0.4) is 0 Å². The van der Waals surface area contributed by atoms with Gasteiger partial charge in [0, 0.05) is 18.8 Å². The third kappa shape index (κ3) is 3.33. The largest absolute Gasteiger partial charge is 0.481 e. The predicted octanol–water partition coefficient (Wildman–Crippen LogP) is 3.94. The quantitative estimate of drug-likeness (QED) is 0.827. The molecule has 2 rings (SSSR count). The number of carboxylic acid groups (broad SMARTS) is 1. The van der Waals surface area contributed by atoms with Crippen LogP contribution in [0.4, 0.5) is 5.69 Å². The number of rotatable bonds is 5. The molecule has 1 fully saturated rings. The van der Waals surface area contributed by atoms with E-state index in [2.05, 4.69) is 24.0 Å². The van der Waals surface area contributed by atoms with Crippen LogP contribution in [0.5, 0.6) is 0 Å². The van der Waals surface area contributed by atoms with Crippen LogP contribution in [0.2, 0.25) is 0 Å². The van der Waals surface area contributed by atoms with Gasteiger partial charge in [0.15, 0.2) is 0 Å². The molecule has 1 aliphatic carbocycles. The Bertz CT molecular complexity index is 422. The van der Waals surface area contributed by atoms with Crippen LogP contribution in [0.1, 0.15) is 45.4 Å². The lowest BCUT2D eigenvalue weighted by Gasteiger charge is -2.35. The summed E-state index contributed by atoms with van der Waals surface area (Å²) in [6.07, 6.45) is 6.05. The van der Waals surface area contributed by atoms with Crippen molar-refractivity contribution in [2.45, 2.75) is 45.4 Å². The van der Waals surface area contributed by atoms with Gasteiger partial charge in [-0.2, -0.15) is 0 Å². The summed E-state index contributed by atoms with van der Waals surface area (Å²) in [7, 11) is 0. The van der Waals surface area contributed by atoms with Crippen molar-refractivity contribution in [3.05, 3.63) is 30.3 Å². The van der Waals surface area contributed by atoms with Crippen molar-refractivity contribution in [2.75, 3.05) is 18.0 Å². The average molecular weight is 275 g/mol. The highest BCUT2D eigenvalue weighted by Crippen LogP contribution is 2.37. The molecular weight excluding hydrogens is 250 g/mol. The fourth-order valence-electron chi connectivity index (χ4n) is 3.23. The van der Waals surface area contributed by atoms with Crippen molar-refractivity contribution in [1.29, 1.82) is 0 Å². The fourth-order valence-corrected chi connectivity index (χ4v) is 3.23. The van der Waals surface area contributed by atoms with Gasteiger partial charge in [0.2, 0.25) is 0 Å². The number of nitrogens with zero attached hydrogens (tertiary/aromatic N) is 1. The van der Waals surface area contributed by atoms with Crippen LogP contribution in [0, 0.1) is 5.41 Å². The van der Waals surface area contributed by atoms with Crippen LogP contribution in [-0.2, 0) is 4.79 Å². The maximum Gasteiger partial charge on any atom is 0.311 e. The van der Waals surface area contributed by atoms with E-state index in [9.17, 15) is 9.90 Å². The molecule has 0 radical (unpaired) electrons. The van der Waals surface area contributed by atoms with E-state index >= 15 is 0 Å². The summed E-state index contributed by atoms with van der Waals surface area (Å²) >= 11 is 0. The summed E-state index contributed by atoms with van der Waals surface area (Å²) in [6.45, 7) is 3.57. The Hall–Kier alpha value is -1.51. The third-order valence-corrected chi connectivity index (χ3v) is 4.51. The molecule has 20 heavy (non-hydrogen) atoms. The number of carbonyl (C=O) groups is 1. The minimum Gasteiger partial charge on any atom is -0.481 e. The van der Waals surface area contributed by atoms with Crippen molar-refractivity contribution >= 4 is 11.7 Å². The minimum atomic E-state index is -0.617. The Morgan fingerprint density at radius 3 is 2.25 bits per heavy atom. The molecule has 0 saturated heterocycles. The van der Waals surface area contributed by atoms with Crippen molar-refractivity contribution in [1.82, 2.24) is 0 Å². The van der Waals surface area contributed by atoms with E-state index in [1.807, 2.05) is 18.2 Å². The average Bonchev–Trinajstić information content (AvgIpc) is 2.72. The monoisotopic (exact) mass is 275 g/mol. The van der Waals surface area contributed by atoms with E-state index in [1.54, 1.807) is 0 Å². The summed E-state index contributed by atoms with van der Waals surface area (Å²) in [4.78, 5) is 14.1. The van der Waals surface area contributed by atoms with Crippen LogP contribution in [0.15, 0.2) is 30.3 Å². The molecule has 1 aliphatic rings. The number of hydrogen-bond acceptors (Lipinski definition) is 2. The van der Waals surface area contributed by atoms with Gasteiger partial charge in [0.05, 0.1) is 5.41 Å². The Morgan fingerprint density at radius 2 is 1.75 bits per heavy atom. The first-order valence-electron chi connectivity index (χ1n) is 7.71. The number of hydrogen-bond donors (Lipinski definition) is 1. The van der Waals surface area contributed by atoms with Crippen molar-refractivity contribution in [2.24, 2.45) is 5.41 Å². The number of anilines is 1. The SMILES string of the molecule is CCN(CC1(C(=O)O)CCCCCC1)c1ccccc1. The highest BCUT2D eigenvalue weighted by atomic mass is 16.4. The summed E-state index contributed by atoms with van der Waals surface area (Å²) in [5.41, 5.74) is 0.558. The van der Waals surface area contributed by atoms with Gasteiger partial charge >= 0.3 is 5.97 Å². The van der Waals surface area contributed by atoms with E-state index < -0.39 is 11.4 Å². The number of benzene rings is 1. The molecule has 3 heteroatoms. The van der Waals surface area contributed by atoms with E-state index in [1.165, 1.54) is 12.8 Å². The van der Waals surface area contributed by atoms with Crippen LogP contribution >= 0.6 is 0 Å². The molecule has 110 valence electrons.